The van der Waals surface area contributed by atoms with Crippen LogP contribution in [0.1, 0.15) is 50.2 Å². The number of aromatic nitrogens is 3. The summed E-state index contributed by atoms with van der Waals surface area (Å²) in [5.74, 6) is 1.09. The van der Waals surface area contributed by atoms with E-state index < -0.39 is 0 Å². The molecule has 45 heavy (non-hydrogen) atoms. The summed E-state index contributed by atoms with van der Waals surface area (Å²) < 4.78 is 7.23. The smallest absolute Gasteiger partial charge is 0.253 e. The van der Waals surface area contributed by atoms with Crippen LogP contribution in [0, 0.1) is 13.8 Å². The lowest BCUT2D eigenvalue weighted by atomic mass is 10.0. The highest BCUT2D eigenvalue weighted by Crippen LogP contribution is 2.35. The van der Waals surface area contributed by atoms with Crippen molar-refractivity contribution in [2.24, 2.45) is 5.10 Å². The van der Waals surface area contributed by atoms with Gasteiger partial charge in [-0.3, -0.25) is 14.2 Å². The summed E-state index contributed by atoms with van der Waals surface area (Å²) in [6.45, 7) is 4.13. The van der Waals surface area contributed by atoms with Gasteiger partial charge in [-0.15, -0.1) is 21.5 Å². The molecule has 1 N–H and O–H groups in total. The van der Waals surface area contributed by atoms with Crippen LogP contribution < -0.4 is 10.1 Å². The average Bonchev–Trinajstić information content (AvgIpc) is 3.83. The summed E-state index contributed by atoms with van der Waals surface area (Å²) in [7, 11) is 1.63. The molecule has 5 aromatic rings. The number of nitrogens with zero attached hydrogens (tertiary/aromatic N) is 5. The van der Waals surface area contributed by atoms with Gasteiger partial charge in [0.05, 0.1) is 36.0 Å². The molecule has 2 aromatic heterocycles. The number of thiophene rings is 1. The molecule has 11 heteroatoms. The Morgan fingerprint density at radius 3 is 2.47 bits per heavy atom. The van der Waals surface area contributed by atoms with Crippen molar-refractivity contribution in [3.63, 3.8) is 0 Å². The number of ether oxygens (including phenoxy) is 1. The second-order valence-corrected chi connectivity index (χ2v) is 12.6. The van der Waals surface area contributed by atoms with Gasteiger partial charge in [-0.1, -0.05) is 59.8 Å². The molecular weight excluding hydrogens is 605 g/mol. The van der Waals surface area contributed by atoms with Gasteiger partial charge in [0.15, 0.2) is 11.0 Å². The van der Waals surface area contributed by atoms with E-state index in [0.717, 1.165) is 38.7 Å². The van der Waals surface area contributed by atoms with Crippen molar-refractivity contribution in [3.8, 4) is 11.4 Å². The van der Waals surface area contributed by atoms with Crippen LogP contribution in [0.3, 0.4) is 0 Å². The summed E-state index contributed by atoms with van der Waals surface area (Å²) in [5.41, 5.74) is 5.38. The number of carbonyl (C=O) groups excluding carboxylic acids is 2. The quantitative estimate of drug-likeness (QED) is 0.179. The number of amides is 2. The summed E-state index contributed by atoms with van der Waals surface area (Å²) in [4.78, 5) is 27.8. The van der Waals surface area contributed by atoms with Gasteiger partial charge >= 0.3 is 0 Å². The minimum atomic E-state index is -0.233. The first-order valence-electron chi connectivity index (χ1n) is 14.5. The fourth-order valence-corrected chi connectivity index (χ4v) is 6.74. The molecule has 0 spiro atoms. The second kappa shape index (κ2) is 13.5. The highest BCUT2D eigenvalue weighted by Gasteiger charge is 2.33. The molecule has 0 radical (unpaired) electrons. The Morgan fingerprint density at radius 2 is 1.76 bits per heavy atom. The van der Waals surface area contributed by atoms with Crippen LogP contribution in [0.15, 0.2) is 101 Å². The lowest BCUT2D eigenvalue weighted by Crippen LogP contribution is -2.28. The first kappa shape index (κ1) is 30.3. The van der Waals surface area contributed by atoms with Gasteiger partial charge in [0.2, 0.25) is 0 Å². The Balaban J connectivity index is 1.24. The molecular formula is C34H32N6O3S2. The number of hydrazone groups is 1. The molecule has 0 bridgehead atoms. The number of nitrogens with one attached hydrogen (secondary N) is 1. The van der Waals surface area contributed by atoms with Gasteiger partial charge in [-0.05, 0) is 72.8 Å². The van der Waals surface area contributed by atoms with E-state index in [2.05, 4.69) is 15.5 Å². The van der Waals surface area contributed by atoms with Crippen LogP contribution in [-0.2, 0) is 11.3 Å². The fourth-order valence-electron chi connectivity index (χ4n) is 5.19. The van der Waals surface area contributed by atoms with Crippen LogP contribution in [0.25, 0.3) is 5.69 Å². The van der Waals surface area contributed by atoms with Crippen molar-refractivity contribution >= 4 is 40.6 Å². The predicted molar refractivity (Wildman–Crippen MR) is 177 cm³/mol. The van der Waals surface area contributed by atoms with Gasteiger partial charge in [-0.2, -0.15) is 5.10 Å². The number of benzene rings is 3. The SMILES string of the molecule is COc1ccc([C@@H]2CC(c3cccs3)=NN2C(=O)CSc2nnc(CNC(=O)c3cccc(C)c3)n2-c2cccc(C)c2)cc1. The predicted octanol–water partition coefficient (Wildman–Crippen LogP) is 6.35. The molecule has 2 amide bonds. The van der Waals surface area contributed by atoms with Crippen LogP contribution >= 0.6 is 23.1 Å². The number of carbonyl (C=O) groups is 2. The zero-order valence-corrected chi connectivity index (χ0v) is 26.8. The van der Waals surface area contributed by atoms with Gasteiger partial charge in [0.1, 0.15) is 5.75 Å². The summed E-state index contributed by atoms with van der Waals surface area (Å²) in [5, 5.41) is 20.8. The van der Waals surface area contributed by atoms with Crippen molar-refractivity contribution in [3.05, 3.63) is 123 Å². The highest BCUT2D eigenvalue weighted by atomic mass is 32.2. The third-order valence-electron chi connectivity index (χ3n) is 7.44. The maximum Gasteiger partial charge on any atom is 0.253 e. The van der Waals surface area contributed by atoms with Crippen LogP contribution in [0.4, 0.5) is 0 Å². The number of thioether (sulfide) groups is 1. The summed E-state index contributed by atoms with van der Waals surface area (Å²) in [6, 6.07) is 27.0. The van der Waals surface area contributed by atoms with E-state index in [1.54, 1.807) is 29.5 Å². The number of rotatable bonds is 10. The summed E-state index contributed by atoms with van der Waals surface area (Å²) >= 11 is 2.91. The molecule has 6 rings (SSSR count). The molecule has 0 saturated carbocycles. The van der Waals surface area contributed by atoms with Crippen molar-refractivity contribution < 1.29 is 14.3 Å². The summed E-state index contributed by atoms with van der Waals surface area (Å²) in [6.07, 6.45) is 0.619. The Bertz CT molecular complexity index is 1850. The molecule has 0 aliphatic carbocycles. The Morgan fingerprint density at radius 1 is 0.978 bits per heavy atom. The third kappa shape index (κ3) is 6.84. The molecule has 0 fully saturated rings. The standard InChI is InChI=1S/C34H32N6O3S2/c1-22-7-4-9-25(17-22)33(42)35-20-31-36-37-34(39(31)26-10-5-8-23(2)18-26)45-21-32(41)40-29(24-12-14-27(43-3)15-13-24)19-28(38-40)30-11-6-16-44-30/h4-18,29H,19-21H2,1-3H3,(H,35,42)/t29-/m0/s1. The van der Waals surface area contributed by atoms with Crippen LogP contribution in [-0.4, -0.2) is 50.2 Å². The molecule has 3 heterocycles. The fraction of sp³-hybridized carbons (Fsp3) is 0.206. The van der Waals surface area contributed by atoms with Crippen LogP contribution in [0.5, 0.6) is 5.75 Å². The first-order chi connectivity index (χ1) is 21.9. The molecule has 0 unspecified atom stereocenters. The van der Waals surface area contributed by atoms with E-state index in [9.17, 15) is 9.59 Å². The normalized spacial score (nSPS) is 14.3. The number of hydrogen-bond donors (Lipinski definition) is 1. The monoisotopic (exact) mass is 636 g/mol. The van der Waals surface area contributed by atoms with E-state index in [1.807, 2.05) is 103 Å². The largest absolute Gasteiger partial charge is 0.497 e. The van der Waals surface area contributed by atoms with Crippen molar-refractivity contribution in [2.75, 3.05) is 12.9 Å². The number of methoxy groups -OCH3 is 1. The van der Waals surface area contributed by atoms with Gasteiger partial charge < -0.3 is 10.1 Å². The molecule has 1 aliphatic heterocycles. The molecule has 0 saturated heterocycles. The molecule has 1 atom stereocenters. The average molecular weight is 637 g/mol. The maximum absolute atomic E-state index is 13.8. The first-order valence-corrected chi connectivity index (χ1v) is 16.3. The molecule has 228 valence electrons. The van der Waals surface area contributed by atoms with E-state index in [0.29, 0.717) is 23.0 Å². The lowest BCUT2D eigenvalue weighted by Gasteiger charge is -2.22. The van der Waals surface area contributed by atoms with E-state index in [1.165, 1.54) is 11.8 Å². The van der Waals surface area contributed by atoms with E-state index >= 15 is 0 Å². The van der Waals surface area contributed by atoms with E-state index in [-0.39, 0.29) is 30.2 Å². The molecule has 3 aromatic carbocycles. The second-order valence-electron chi connectivity index (χ2n) is 10.7. The zero-order chi connectivity index (χ0) is 31.3. The molecule has 9 nitrogen and oxygen atoms in total. The van der Waals surface area contributed by atoms with E-state index in [4.69, 9.17) is 9.84 Å². The van der Waals surface area contributed by atoms with Crippen molar-refractivity contribution in [1.29, 1.82) is 0 Å². The van der Waals surface area contributed by atoms with Crippen LogP contribution in [0.2, 0.25) is 0 Å². The van der Waals surface area contributed by atoms with Gasteiger partial charge in [-0.25, -0.2) is 5.01 Å². The van der Waals surface area contributed by atoms with Gasteiger partial charge in [0, 0.05) is 17.7 Å². The Kier molecular flexibility index (Phi) is 9.08. The Hall–Kier alpha value is -4.74. The topological polar surface area (TPSA) is 102 Å². The Labute approximate surface area is 270 Å². The zero-order valence-electron chi connectivity index (χ0n) is 25.1. The number of aryl methyl sites for hydroxylation is 2. The third-order valence-corrected chi connectivity index (χ3v) is 9.28. The highest BCUT2D eigenvalue weighted by molar-refractivity contribution is 7.99. The van der Waals surface area contributed by atoms with Crippen molar-refractivity contribution in [1.82, 2.24) is 25.1 Å². The minimum Gasteiger partial charge on any atom is -0.497 e. The number of hydrogen-bond acceptors (Lipinski definition) is 8. The minimum absolute atomic E-state index is 0.105. The van der Waals surface area contributed by atoms with Crippen molar-refractivity contribution in [2.45, 2.75) is 38.0 Å². The lowest BCUT2D eigenvalue weighted by molar-refractivity contribution is -0.130. The van der Waals surface area contributed by atoms with Gasteiger partial charge in [0.25, 0.3) is 11.8 Å². The molecule has 1 aliphatic rings. The maximum atomic E-state index is 13.8.